The molecule has 2 saturated heterocycles. The van der Waals surface area contributed by atoms with Gasteiger partial charge in [0.25, 0.3) is 0 Å². The number of hydrogen-bond acceptors (Lipinski definition) is 1. The van der Waals surface area contributed by atoms with Crippen LogP contribution in [0.2, 0.25) is 0 Å². The average molecular weight is 167 g/mol. The normalized spacial score (nSPS) is 37.2. The average Bonchev–Trinajstić information content (AvgIpc) is 2.23. The molecular weight excluding hydrogens is 146 g/mol. The summed E-state index contributed by atoms with van der Waals surface area (Å²) in [6.45, 7) is 7.09. The van der Waals surface area contributed by atoms with E-state index in [0.717, 1.165) is 12.1 Å². The van der Waals surface area contributed by atoms with E-state index in [9.17, 15) is 0 Å². The molecule has 2 bridgehead atoms. The van der Waals surface area contributed by atoms with Gasteiger partial charge in [0.1, 0.15) is 0 Å². The van der Waals surface area contributed by atoms with Gasteiger partial charge in [-0.3, -0.25) is 4.90 Å². The van der Waals surface area contributed by atoms with Crippen molar-refractivity contribution in [3.8, 4) is 0 Å². The highest BCUT2D eigenvalue weighted by atomic mass is 15.3. The first-order valence-corrected chi connectivity index (χ1v) is 5.37. The Morgan fingerprint density at radius 1 is 0.917 bits per heavy atom. The van der Waals surface area contributed by atoms with Crippen LogP contribution in [0.4, 0.5) is 0 Å². The Morgan fingerprint density at radius 2 is 1.42 bits per heavy atom. The van der Waals surface area contributed by atoms with Gasteiger partial charge in [-0.25, -0.2) is 0 Å². The monoisotopic (exact) mass is 167 g/mol. The van der Waals surface area contributed by atoms with Gasteiger partial charge in [0.15, 0.2) is 0 Å². The van der Waals surface area contributed by atoms with Crippen LogP contribution >= 0.6 is 0 Å². The lowest BCUT2D eigenvalue weighted by atomic mass is 9.95. The van der Waals surface area contributed by atoms with Crippen molar-refractivity contribution in [2.75, 3.05) is 0 Å². The molecule has 70 valence electrons. The highest BCUT2D eigenvalue weighted by Crippen LogP contribution is 2.39. The van der Waals surface area contributed by atoms with Crippen LogP contribution in [0.15, 0.2) is 0 Å². The molecule has 2 atom stereocenters. The van der Waals surface area contributed by atoms with Gasteiger partial charge in [-0.1, -0.05) is 6.42 Å². The van der Waals surface area contributed by atoms with Gasteiger partial charge in [-0.2, -0.15) is 0 Å². The van der Waals surface area contributed by atoms with Gasteiger partial charge < -0.3 is 0 Å². The zero-order valence-corrected chi connectivity index (χ0v) is 8.64. The first-order chi connectivity index (χ1) is 5.59. The lowest BCUT2D eigenvalue weighted by Crippen LogP contribution is -2.51. The third-order valence-corrected chi connectivity index (χ3v) is 3.47. The zero-order valence-electron chi connectivity index (χ0n) is 8.64. The van der Waals surface area contributed by atoms with Gasteiger partial charge in [-0.05, 0) is 46.5 Å². The molecule has 2 aliphatic heterocycles. The first-order valence-electron chi connectivity index (χ1n) is 5.37. The molecule has 0 aromatic heterocycles. The smallest absolute Gasteiger partial charge is 0.0130 e. The second-order valence-electron chi connectivity index (χ2n) is 5.39. The number of nitrogens with zero attached hydrogens (tertiary/aromatic N) is 1. The third-order valence-electron chi connectivity index (χ3n) is 3.47. The largest absolute Gasteiger partial charge is 0.293 e. The first kappa shape index (κ1) is 8.55. The maximum Gasteiger partial charge on any atom is 0.0130 e. The standard InChI is InChI=1S/C11H21N/c1-11(2,3)12-9-5-4-6-10(12)8-7-9/h9-10H,4-8H2,1-3H3/t9-,10?/m1/s1. The van der Waals surface area contributed by atoms with Crippen molar-refractivity contribution in [2.24, 2.45) is 0 Å². The fourth-order valence-electron chi connectivity index (χ4n) is 3.21. The summed E-state index contributed by atoms with van der Waals surface area (Å²) in [4.78, 5) is 2.77. The van der Waals surface area contributed by atoms with Crippen LogP contribution in [-0.2, 0) is 0 Å². The molecule has 2 aliphatic rings. The summed E-state index contributed by atoms with van der Waals surface area (Å²) < 4.78 is 0. The Labute approximate surface area is 76.1 Å². The minimum atomic E-state index is 0.409. The van der Waals surface area contributed by atoms with Gasteiger partial charge in [0, 0.05) is 17.6 Å². The number of fused-ring (bicyclic) bond motifs is 2. The highest BCUT2D eigenvalue weighted by Gasteiger charge is 2.41. The van der Waals surface area contributed by atoms with Gasteiger partial charge in [-0.15, -0.1) is 0 Å². The molecule has 1 heteroatoms. The van der Waals surface area contributed by atoms with E-state index in [-0.39, 0.29) is 0 Å². The minimum absolute atomic E-state index is 0.409. The van der Waals surface area contributed by atoms with E-state index in [1.54, 1.807) is 0 Å². The Hall–Kier alpha value is -0.0400. The van der Waals surface area contributed by atoms with Crippen molar-refractivity contribution >= 4 is 0 Å². The Balaban J connectivity index is 2.15. The summed E-state index contributed by atoms with van der Waals surface area (Å²) in [5.41, 5.74) is 0.409. The van der Waals surface area contributed by atoms with E-state index in [1.165, 1.54) is 32.1 Å². The molecule has 0 aliphatic carbocycles. The Bertz CT molecular complexity index is 152. The van der Waals surface area contributed by atoms with E-state index < -0.39 is 0 Å². The molecule has 0 aromatic carbocycles. The second-order valence-corrected chi connectivity index (χ2v) is 5.39. The molecule has 2 rings (SSSR count). The summed E-state index contributed by atoms with van der Waals surface area (Å²) in [7, 11) is 0. The predicted octanol–water partition coefficient (Wildman–Crippen LogP) is 2.80. The van der Waals surface area contributed by atoms with Crippen LogP contribution in [-0.4, -0.2) is 22.5 Å². The Morgan fingerprint density at radius 3 is 1.75 bits per heavy atom. The maximum atomic E-state index is 2.77. The summed E-state index contributed by atoms with van der Waals surface area (Å²) in [5, 5.41) is 0. The lowest BCUT2D eigenvalue weighted by molar-refractivity contribution is 0.0441. The van der Waals surface area contributed by atoms with Crippen molar-refractivity contribution in [1.29, 1.82) is 0 Å². The number of hydrogen-bond donors (Lipinski definition) is 0. The second kappa shape index (κ2) is 2.73. The van der Waals surface area contributed by atoms with Crippen molar-refractivity contribution in [3.05, 3.63) is 0 Å². The van der Waals surface area contributed by atoms with Crippen LogP contribution in [0.5, 0.6) is 0 Å². The van der Waals surface area contributed by atoms with Crippen LogP contribution in [0.3, 0.4) is 0 Å². The molecule has 0 spiro atoms. The summed E-state index contributed by atoms with van der Waals surface area (Å²) in [6, 6.07) is 1.84. The summed E-state index contributed by atoms with van der Waals surface area (Å²) in [5.74, 6) is 0. The zero-order chi connectivity index (χ0) is 8.77. The molecule has 0 saturated carbocycles. The van der Waals surface area contributed by atoms with Crippen molar-refractivity contribution < 1.29 is 0 Å². The summed E-state index contributed by atoms with van der Waals surface area (Å²) in [6.07, 6.45) is 7.30. The molecule has 0 amide bonds. The van der Waals surface area contributed by atoms with Crippen molar-refractivity contribution in [1.82, 2.24) is 4.90 Å². The predicted molar refractivity (Wildman–Crippen MR) is 52.3 cm³/mol. The molecule has 0 aromatic rings. The fourth-order valence-corrected chi connectivity index (χ4v) is 3.21. The van der Waals surface area contributed by atoms with Gasteiger partial charge >= 0.3 is 0 Å². The molecule has 1 nitrogen and oxygen atoms in total. The summed E-state index contributed by atoms with van der Waals surface area (Å²) >= 11 is 0. The van der Waals surface area contributed by atoms with Gasteiger partial charge in [0.05, 0.1) is 0 Å². The van der Waals surface area contributed by atoms with Crippen molar-refractivity contribution in [2.45, 2.75) is 70.5 Å². The molecular formula is C11H21N. The van der Waals surface area contributed by atoms with E-state index in [1.807, 2.05) is 0 Å². The lowest BCUT2D eigenvalue weighted by Gasteiger charge is -2.44. The van der Waals surface area contributed by atoms with Gasteiger partial charge in [0.2, 0.25) is 0 Å². The highest BCUT2D eigenvalue weighted by molar-refractivity contribution is 4.97. The fraction of sp³-hybridized carbons (Fsp3) is 1.00. The Kier molecular flexibility index (Phi) is 1.95. The minimum Gasteiger partial charge on any atom is -0.293 e. The molecule has 0 radical (unpaired) electrons. The number of rotatable bonds is 0. The molecule has 2 heterocycles. The third kappa shape index (κ3) is 1.28. The van der Waals surface area contributed by atoms with Crippen LogP contribution < -0.4 is 0 Å². The molecule has 1 unspecified atom stereocenters. The van der Waals surface area contributed by atoms with Crippen LogP contribution in [0, 0.1) is 0 Å². The number of piperidine rings is 1. The quantitative estimate of drug-likeness (QED) is 0.536. The van der Waals surface area contributed by atoms with Crippen molar-refractivity contribution in [3.63, 3.8) is 0 Å². The molecule has 0 N–H and O–H groups in total. The van der Waals surface area contributed by atoms with E-state index in [2.05, 4.69) is 25.7 Å². The SMILES string of the molecule is CC(C)(C)N1C2CCC[C@@H]1CC2. The van der Waals surface area contributed by atoms with E-state index in [0.29, 0.717) is 5.54 Å². The van der Waals surface area contributed by atoms with E-state index in [4.69, 9.17) is 0 Å². The molecule has 2 fully saturated rings. The molecule has 12 heavy (non-hydrogen) atoms. The topological polar surface area (TPSA) is 3.24 Å². The van der Waals surface area contributed by atoms with Crippen LogP contribution in [0.25, 0.3) is 0 Å². The maximum absolute atomic E-state index is 2.77. The van der Waals surface area contributed by atoms with E-state index >= 15 is 0 Å². The van der Waals surface area contributed by atoms with Crippen LogP contribution in [0.1, 0.15) is 52.9 Å².